The molecule has 1 aromatic carbocycles. The fraction of sp³-hybridized carbons (Fsp3) is 0.333. The van der Waals surface area contributed by atoms with Gasteiger partial charge in [0.15, 0.2) is 0 Å². The van der Waals surface area contributed by atoms with Crippen molar-refractivity contribution in [3.05, 3.63) is 46.6 Å². The molecule has 0 amide bonds. The van der Waals surface area contributed by atoms with Crippen LogP contribution < -0.4 is 0 Å². The van der Waals surface area contributed by atoms with Gasteiger partial charge in [0.1, 0.15) is 0 Å². The maximum absolute atomic E-state index is 8.72. The number of halogens is 1. The van der Waals surface area contributed by atoms with E-state index in [9.17, 15) is 0 Å². The second-order valence-electron chi connectivity index (χ2n) is 3.69. The highest BCUT2D eigenvalue weighted by Crippen LogP contribution is 2.13. The molecule has 0 bridgehead atoms. The number of aliphatic hydroxyl groups excluding tert-OH is 1. The Morgan fingerprint density at radius 2 is 1.88 bits per heavy atom. The van der Waals surface area contributed by atoms with Gasteiger partial charge < -0.3 is 9.52 Å². The monoisotopic (exact) mass is 252 g/mol. The predicted molar refractivity (Wildman–Crippen MR) is 63.9 cm³/mol. The third-order valence-electron chi connectivity index (χ3n) is 2.35. The van der Waals surface area contributed by atoms with Gasteiger partial charge in [0.25, 0.3) is 0 Å². The van der Waals surface area contributed by atoms with E-state index in [1.807, 2.05) is 24.3 Å². The topological polar surface area (TPSA) is 59.2 Å². The molecule has 2 rings (SSSR count). The molecule has 0 spiro atoms. The summed E-state index contributed by atoms with van der Waals surface area (Å²) >= 11 is 5.89. The van der Waals surface area contributed by atoms with E-state index in [1.165, 1.54) is 0 Å². The van der Waals surface area contributed by atoms with Gasteiger partial charge in [0.05, 0.1) is 6.61 Å². The van der Waals surface area contributed by atoms with Crippen LogP contribution in [0.5, 0.6) is 0 Å². The average molecular weight is 253 g/mol. The highest BCUT2D eigenvalue weighted by atomic mass is 35.5. The van der Waals surface area contributed by atoms with E-state index in [1.54, 1.807) is 0 Å². The molecule has 90 valence electrons. The number of benzene rings is 1. The van der Waals surface area contributed by atoms with Crippen molar-refractivity contribution < 1.29 is 9.52 Å². The van der Waals surface area contributed by atoms with E-state index in [2.05, 4.69) is 10.2 Å². The second-order valence-corrected chi connectivity index (χ2v) is 4.13. The first-order valence-electron chi connectivity index (χ1n) is 5.44. The lowest BCUT2D eigenvalue weighted by atomic mass is 10.1. The Hall–Kier alpha value is -1.39. The molecular formula is C12H13ClN2O2. The summed E-state index contributed by atoms with van der Waals surface area (Å²) in [7, 11) is 0. The standard InChI is InChI=1S/C12H13ClN2O2/c13-10-3-1-2-9(8-10)4-5-11-14-15-12(17-11)6-7-16/h1-3,8,16H,4-7H2. The van der Waals surface area contributed by atoms with Crippen LogP contribution in [0.2, 0.25) is 5.02 Å². The average Bonchev–Trinajstić information content (AvgIpc) is 2.75. The normalized spacial score (nSPS) is 10.7. The molecule has 1 aromatic heterocycles. The van der Waals surface area contributed by atoms with Gasteiger partial charge in [0.2, 0.25) is 11.8 Å². The van der Waals surface area contributed by atoms with Gasteiger partial charge >= 0.3 is 0 Å². The van der Waals surface area contributed by atoms with Gasteiger partial charge in [-0.1, -0.05) is 23.7 Å². The summed E-state index contributed by atoms with van der Waals surface area (Å²) in [5, 5.41) is 17.2. The molecule has 17 heavy (non-hydrogen) atoms. The van der Waals surface area contributed by atoms with Crippen molar-refractivity contribution >= 4 is 11.6 Å². The van der Waals surface area contributed by atoms with Crippen LogP contribution in [0.1, 0.15) is 17.3 Å². The molecule has 0 aliphatic heterocycles. The van der Waals surface area contributed by atoms with Crippen LogP contribution in [0.4, 0.5) is 0 Å². The first-order chi connectivity index (χ1) is 8.28. The van der Waals surface area contributed by atoms with E-state index in [0.29, 0.717) is 24.6 Å². The minimum atomic E-state index is 0.0237. The van der Waals surface area contributed by atoms with Crippen LogP contribution in [0, 0.1) is 0 Å². The predicted octanol–water partition coefficient (Wildman–Crippen LogP) is 2.04. The molecule has 1 heterocycles. The molecule has 0 atom stereocenters. The maximum Gasteiger partial charge on any atom is 0.218 e. The van der Waals surface area contributed by atoms with Crippen LogP contribution in [0.3, 0.4) is 0 Å². The largest absolute Gasteiger partial charge is 0.425 e. The minimum Gasteiger partial charge on any atom is -0.425 e. The highest BCUT2D eigenvalue weighted by molar-refractivity contribution is 6.30. The molecule has 0 aliphatic rings. The molecule has 0 unspecified atom stereocenters. The van der Waals surface area contributed by atoms with Gasteiger partial charge in [-0.3, -0.25) is 0 Å². The summed E-state index contributed by atoms with van der Waals surface area (Å²) in [5.74, 6) is 1.07. The van der Waals surface area contributed by atoms with E-state index in [-0.39, 0.29) is 6.61 Å². The molecule has 0 fully saturated rings. The fourth-order valence-corrected chi connectivity index (χ4v) is 1.74. The van der Waals surface area contributed by atoms with Crippen molar-refractivity contribution in [1.82, 2.24) is 10.2 Å². The maximum atomic E-state index is 8.72. The third-order valence-corrected chi connectivity index (χ3v) is 2.59. The Balaban J connectivity index is 1.93. The lowest BCUT2D eigenvalue weighted by Gasteiger charge is -1.98. The van der Waals surface area contributed by atoms with E-state index in [4.69, 9.17) is 21.1 Å². The lowest BCUT2D eigenvalue weighted by molar-refractivity contribution is 0.283. The zero-order chi connectivity index (χ0) is 12.1. The Morgan fingerprint density at radius 1 is 1.12 bits per heavy atom. The summed E-state index contributed by atoms with van der Waals surface area (Å²) in [6, 6.07) is 7.70. The number of aryl methyl sites for hydroxylation is 2. The molecule has 0 saturated heterocycles. The molecule has 4 nitrogen and oxygen atoms in total. The Bertz CT molecular complexity index is 485. The first kappa shape index (κ1) is 12.1. The molecule has 1 N–H and O–H groups in total. The van der Waals surface area contributed by atoms with Crippen LogP contribution in [0.15, 0.2) is 28.7 Å². The van der Waals surface area contributed by atoms with E-state index < -0.39 is 0 Å². The van der Waals surface area contributed by atoms with Gasteiger partial charge in [-0.25, -0.2) is 0 Å². The number of aliphatic hydroxyl groups is 1. The highest BCUT2D eigenvalue weighted by Gasteiger charge is 2.05. The van der Waals surface area contributed by atoms with Crippen LogP contribution >= 0.6 is 11.6 Å². The minimum absolute atomic E-state index is 0.0237. The number of nitrogens with zero attached hydrogens (tertiary/aromatic N) is 2. The first-order valence-corrected chi connectivity index (χ1v) is 5.82. The third kappa shape index (κ3) is 3.54. The molecule has 2 aromatic rings. The van der Waals surface area contributed by atoms with Crippen molar-refractivity contribution in [2.45, 2.75) is 19.3 Å². The SMILES string of the molecule is OCCc1nnc(CCc2cccc(Cl)c2)o1. The number of hydrogen-bond acceptors (Lipinski definition) is 4. The van der Waals surface area contributed by atoms with Crippen LogP contribution in [-0.4, -0.2) is 21.9 Å². The zero-order valence-electron chi connectivity index (χ0n) is 9.27. The van der Waals surface area contributed by atoms with Crippen LogP contribution in [0.25, 0.3) is 0 Å². The zero-order valence-corrected chi connectivity index (χ0v) is 10.0. The fourth-order valence-electron chi connectivity index (χ4n) is 1.53. The number of rotatable bonds is 5. The summed E-state index contributed by atoms with van der Waals surface area (Å²) in [6.07, 6.45) is 1.89. The smallest absolute Gasteiger partial charge is 0.218 e. The van der Waals surface area contributed by atoms with Gasteiger partial charge in [-0.2, -0.15) is 0 Å². The van der Waals surface area contributed by atoms with Crippen molar-refractivity contribution in [3.63, 3.8) is 0 Å². The quantitative estimate of drug-likeness (QED) is 0.885. The van der Waals surface area contributed by atoms with E-state index >= 15 is 0 Å². The summed E-state index contributed by atoms with van der Waals surface area (Å²) in [5.41, 5.74) is 1.14. The van der Waals surface area contributed by atoms with Crippen molar-refractivity contribution in [3.8, 4) is 0 Å². The summed E-state index contributed by atoms with van der Waals surface area (Å²) in [6.45, 7) is 0.0237. The van der Waals surface area contributed by atoms with Crippen LogP contribution in [-0.2, 0) is 19.3 Å². The van der Waals surface area contributed by atoms with Gasteiger partial charge in [-0.05, 0) is 24.1 Å². The van der Waals surface area contributed by atoms with Gasteiger partial charge in [0, 0.05) is 17.9 Å². The Kier molecular flexibility index (Phi) is 4.12. The molecule has 0 aliphatic carbocycles. The summed E-state index contributed by atoms with van der Waals surface area (Å²) in [4.78, 5) is 0. The van der Waals surface area contributed by atoms with E-state index in [0.717, 1.165) is 17.0 Å². The summed E-state index contributed by atoms with van der Waals surface area (Å²) < 4.78 is 5.36. The lowest BCUT2D eigenvalue weighted by Crippen LogP contribution is -1.91. The molecule has 0 radical (unpaired) electrons. The Morgan fingerprint density at radius 3 is 2.59 bits per heavy atom. The molecular weight excluding hydrogens is 240 g/mol. The van der Waals surface area contributed by atoms with Gasteiger partial charge in [-0.15, -0.1) is 10.2 Å². The van der Waals surface area contributed by atoms with Crippen molar-refractivity contribution in [2.75, 3.05) is 6.61 Å². The number of aromatic nitrogens is 2. The Labute approximate surface area is 104 Å². The molecule has 5 heteroatoms. The van der Waals surface area contributed by atoms with Crippen molar-refractivity contribution in [1.29, 1.82) is 0 Å². The second kappa shape index (κ2) is 5.80. The van der Waals surface area contributed by atoms with Crippen molar-refractivity contribution in [2.24, 2.45) is 0 Å². The molecule has 0 saturated carbocycles. The number of hydrogen-bond donors (Lipinski definition) is 1.